The Balaban J connectivity index is 1.94. The van der Waals surface area contributed by atoms with Crippen LogP contribution in [0.1, 0.15) is 16.8 Å². The van der Waals surface area contributed by atoms with Crippen LogP contribution in [-0.2, 0) is 0 Å². The molecule has 0 saturated heterocycles. The van der Waals surface area contributed by atoms with Gasteiger partial charge in [0.1, 0.15) is 11.6 Å². The summed E-state index contributed by atoms with van der Waals surface area (Å²) in [5.74, 6) is -0.247. The van der Waals surface area contributed by atoms with Gasteiger partial charge in [-0.15, -0.1) is 0 Å². The van der Waals surface area contributed by atoms with Gasteiger partial charge in [0.05, 0.1) is 16.1 Å². The molecular formula is C15H11BrClFO2. The Hall–Kier alpha value is -1.39. The molecule has 104 valence electrons. The molecule has 0 aliphatic rings. The Kier molecular flexibility index (Phi) is 5.15. The van der Waals surface area contributed by atoms with E-state index in [9.17, 15) is 9.18 Å². The Morgan fingerprint density at radius 1 is 1.25 bits per heavy atom. The van der Waals surface area contributed by atoms with E-state index in [0.717, 1.165) is 0 Å². The molecule has 0 amide bonds. The molecule has 0 unspecified atom stereocenters. The zero-order chi connectivity index (χ0) is 14.5. The fourth-order valence-corrected chi connectivity index (χ4v) is 2.39. The number of carbonyl (C=O) groups excluding carboxylic acids is 1. The highest BCUT2D eigenvalue weighted by molar-refractivity contribution is 9.10. The van der Waals surface area contributed by atoms with Gasteiger partial charge in [-0.1, -0.05) is 41.9 Å². The first-order valence-electron chi connectivity index (χ1n) is 5.93. The van der Waals surface area contributed by atoms with Gasteiger partial charge in [-0.05, 0) is 22.0 Å². The van der Waals surface area contributed by atoms with E-state index in [1.165, 1.54) is 12.1 Å². The maximum Gasteiger partial charge on any atom is 0.166 e. The summed E-state index contributed by atoms with van der Waals surface area (Å²) in [4.78, 5) is 11.9. The van der Waals surface area contributed by atoms with Crippen molar-refractivity contribution in [1.29, 1.82) is 0 Å². The molecule has 0 heterocycles. The van der Waals surface area contributed by atoms with Crippen LogP contribution in [-0.4, -0.2) is 12.4 Å². The average molecular weight is 358 g/mol. The summed E-state index contributed by atoms with van der Waals surface area (Å²) in [6.45, 7) is 0.174. The maximum absolute atomic E-state index is 13.3. The molecule has 0 aromatic heterocycles. The molecule has 0 atom stereocenters. The zero-order valence-corrected chi connectivity index (χ0v) is 12.7. The number of rotatable bonds is 5. The molecule has 0 aliphatic carbocycles. The van der Waals surface area contributed by atoms with Crippen molar-refractivity contribution >= 4 is 33.3 Å². The number of hydrogen-bond acceptors (Lipinski definition) is 2. The third-order valence-electron chi connectivity index (χ3n) is 2.66. The van der Waals surface area contributed by atoms with E-state index in [0.29, 0.717) is 15.8 Å². The lowest BCUT2D eigenvalue weighted by molar-refractivity contribution is 0.0962. The van der Waals surface area contributed by atoms with Crippen molar-refractivity contribution in [2.24, 2.45) is 0 Å². The predicted octanol–water partition coefficient (Wildman–Crippen LogP) is 4.89. The molecule has 20 heavy (non-hydrogen) atoms. The molecule has 0 N–H and O–H groups in total. The number of hydrogen-bond donors (Lipinski definition) is 0. The molecule has 5 heteroatoms. The second-order valence-corrected chi connectivity index (χ2v) is 5.35. The monoisotopic (exact) mass is 356 g/mol. The number of halogens is 3. The van der Waals surface area contributed by atoms with Crippen LogP contribution in [0.4, 0.5) is 4.39 Å². The first-order valence-corrected chi connectivity index (χ1v) is 7.10. The summed E-state index contributed by atoms with van der Waals surface area (Å²) < 4.78 is 19.3. The largest absolute Gasteiger partial charge is 0.492 e. The first kappa shape index (κ1) is 15.0. The van der Waals surface area contributed by atoms with Gasteiger partial charge in [-0.25, -0.2) is 4.39 Å². The van der Waals surface area contributed by atoms with Crippen LogP contribution < -0.4 is 4.74 Å². The molecule has 2 nitrogen and oxygen atoms in total. The van der Waals surface area contributed by atoms with Crippen LogP contribution >= 0.6 is 27.5 Å². The average Bonchev–Trinajstić information content (AvgIpc) is 2.45. The quantitative estimate of drug-likeness (QED) is 0.562. The highest BCUT2D eigenvalue weighted by atomic mass is 79.9. The summed E-state index contributed by atoms with van der Waals surface area (Å²) in [6.07, 6.45) is 0.223. The van der Waals surface area contributed by atoms with E-state index in [2.05, 4.69) is 15.9 Å². The third-order valence-corrected chi connectivity index (χ3v) is 3.57. The van der Waals surface area contributed by atoms with Crippen LogP contribution in [0.2, 0.25) is 5.02 Å². The lowest BCUT2D eigenvalue weighted by Gasteiger charge is -2.08. The number of ketones is 1. The number of benzene rings is 2. The first-order chi connectivity index (χ1) is 9.58. The van der Waals surface area contributed by atoms with Crippen molar-refractivity contribution in [2.75, 3.05) is 6.61 Å². The second-order valence-electron chi connectivity index (χ2n) is 4.08. The van der Waals surface area contributed by atoms with E-state index in [1.54, 1.807) is 24.3 Å². The Morgan fingerprint density at radius 2 is 1.95 bits per heavy atom. The van der Waals surface area contributed by atoms with Crippen LogP contribution in [0.3, 0.4) is 0 Å². The van der Waals surface area contributed by atoms with Gasteiger partial charge >= 0.3 is 0 Å². The van der Waals surface area contributed by atoms with Crippen molar-refractivity contribution < 1.29 is 13.9 Å². The molecule has 0 saturated carbocycles. The van der Waals surface area contributed by atoms with Gasteiger partial charge in [-0.3, -0.25) is 4.79 Å². The summed E-state index contributed by atoms with van der Waals surface area (Å²) in [6, 6.07) is 11.6. The van der Waals surface area contributed by atoms with Crippen molar-refractivity contribution in [3.63, 3.8) is 0 Å². The zero-order valence-electron chi connectivity index (χ0n) is 10.4. The summed E-state index contributed by atoms with van der Waals surface area (Å²) in [5, 5.41) is 0.0181. The summed E-state index contributed by atoms with van der Waals surface area (Å²) in [5.41, 5.74) is 0.637. The summed E-state index contributed by atoms with van der Waals surface area (Å²) in [7, 11) is 0. The fourth-order valence-electron chi connectivity index (χ4n) is 1.64. The Morgan fingerprint density at radius 3 is 2.65 bits per heavy atom. The van der Waals surface area contributed by atoms with Gasteiger partial charge in [0.2, 0.25) is 0 Å². The highest BCUT2D eigenvalue weighted by Crippen LogP contribution is 2.30. The molecule has 0 aliphatic heterocycles. The number of Topliss-reactive ketones (excluding diaryl/α,β-unsaturated/α-hetero) is 1. The molecule has 0 bridgehead atoms. The predicted molar refractivity (Wildman–Crippen MR) is 80.0 cm³/mol. The summed E-state index contributed by atoms with van der Waals surface area (Å²) >= 11 is 8.87. The minimum atomic E-state index is -0.556. The van der Waals surface area contributed by atoms with E-state index in [-0.39, 0.29) is 23.8 Å². The molecule has 0 fully saturated rings. The van der Waals surface area contributed by atoms with E-state index in [4.69, 9.17) is 16.3 Å². The Bertz CT molecular complexity index is 617. The molecular weight excluding hydrogens is 347 g/mol. The molecule has 2 aromatic rings. The maximum atomic E-state index is 13.3. The second kappa shape index (κ2) is 6.86. The molecule has 0 spiro atoms. The lowest BCUT2D eigenvalue weighted by atomic mass is 10.1. The van der Waals surface area contributed by atoms with Crippen molar-refractivity contribution in [1.82, 2.24) is 0 Å². The van der Waals surface area contributed by atoms with E-state index < -0.39 is 5.82 Å². The van der Waals surface area contributed by atoms with Crippen molar-refractivity contribution in [3.8, 4) is 5.75 Å². The standard InChI is InChI=1S/C15H11BrClFO2/c16-11-8-12(17)13(18)9-15(11)20-7-6-14(19)10-4-2-1-3-5-10/h1-5,8-9H,6-7H2. The molecule has 2 aromatic carbocycles. The fraction of sp³-hybridized carbons (Fsp3) is 0.133. The van der Waals surface area contributed by atoms with Gasteiger partial charge in [0.25, 0.3) is 0 Å². The number of carbonyl (C=O) groups is 1. The minimum Gasteiger partial charge on any atom is -0.492 e. The molecule has 2 rings (SSSR count). The van der Waals surface area contributed by atoms with Crippen molar-refractivity contribution in [3.05, 3.63) is 63.3 Å². The normalized spacial score (nSPS) is 10.3. The van der Waals surface area contributed by atoms with E-state index >= 15 is 0 Å². The van der Waals surface area contributed by atoms with Gasteiger partial charge in [0, 0.05) is 18.1 Å². The SMILES string of the molecule is O=C(CCOc1cc(F)c(Cl)cc1Br)c1ccccc1. The Labute approximate surface area is 129 Å². The lowest BCUT2D eigenvalue weighted by Crippen LogP contribution is -2.07. The van der Waals surface area contributed by atoms with Crippen LogP contribution in [0.25, 0.3) is 0 Å². The van der Waals surface area contributed by atoms with E-state index in [1.807, 2.05) is 6.07 Å². The highest BCUT2D eigenvalue weighted by Gasteiger charge is 2.09. The van der Waals surface area contributed by atoms with Crippen LogP contribution in [0.5, 0.6) is 5.75 Å². The smallest absolute Gasteiger partial charge is 0.166 e. The van der Waals surface area contributed by atoms with Crippen LogP contribution in [0.15, 0.2) is 46.9 Å². The van der Waals surface area contributed by atoms with Gasteiger partial charge in [-0.2, -0.15) is 0 Å². The third kappa shape index (κ3) is 3.81. The van der Waals surface area contributed by atoms with Gasteiger partial charge < -0.3 is 4.74 Å². The number of ether oxygens (including phenoxy) is 1. The minimum absolute atomic E-state index is 0.0174. The van der Waals surface area contributed by atoms with Gasteiger partial charge in [0.15, 0.2) is 5.78 Å². The van der Waals surface area contributed by atoms with Crippen LogP contribution in [0, 0.1) is 5.82 Å². The topological polar surface area (TPSA) is 26.3 Å². The molecule has 0 radical (unpaired) electrons. The van der Waals surface area contributed by atoms with Crippen molar-refractivity contribution in [2.45, 2.75) is 6.42 Å².